The Bertz CT molecular complexity index is 999. The molecule has 0 radical (unpaired) electrons. The Labute approximate surface area is 189 Å². The van der Waals surface area contributed by atoms with Crippen molar-refractivity contribution in [1.82, 2.24) is 0 Å². The summed E-state index contributed by atoms with van der Waals surface area (Å²) in [5.41, 5.74) is -1.84. The molecule has 4 rings (SSSR count). The van der Waals surface area contributed by atoms with Crippen LogP contribution in [0.3, 0.4) is 0 Å². The van der Waals surface area contributed by atoms with Gasteiger partial charge in [-0.25, -0.2) is 0 Å². The lowest BCUT2D eigenvalue weighted by molar-refractivity contribution is -0.289. The highest BCUT2D eigenvalue weighted by molar-refractivity contribution is 5.89. The molecule has 2 aliphatic heterocycles. The lowest BCUT2D eigenvalue weighted by atomic mass is 9.52. The largest absolute Gasteiger partial charge is 0.447 e. The second-order valence-electron chi connectivity index (χ2n) is 8.96. The lowest BCUT2D eigenvalue weighted by Gasteiger charge is -2.50. The Morgan fingerprint density at radius 1 is 1.00 bits per heavy atom. The molecule has 0 spiro atoms. The predicted octanol–water partition coefficient (Wildman–Crippen LogP) is 4.82. The highest BCUT2D eigenvalue weighted by atomic mass is 16.7. The van der Waals surface area contributed by atoms with E-state index in [0.717, 1.165) is 44.5 Å². The van der Waals surface area contributed by atoms with Crippen LogP contribution in [0.15, 0.2) is 24.3 Å². The van der Waals surface area contributed by atoms with Crippen molar-refractivity contribution in [2.24, 2.45) is 16.7 Å². The molecule has 4 unspecified atom stereocenters. The van der Waals surface area contributed by atoms with Gasteiger partial charge in [0.1, 0.15) is 6.10 Å². The van der Waals surface area contributed by atoms with E-state index in [9.17, 15) is 15.8 Å². The molecule has 7 nitrogen and oxygen atoms in total. The van der Waals surface area contributed by atoms with Gasteiger partial charge >= 0.3 is 0 Å². The van der Waals surface area contributed by atoms with Crippen LogP contribution >= 0.6 is 0 Å². The number of ether oxygens (including phenoxy) is 2. The first kappa shape index (κ1) is 22.1. The summed E-state index contributed by atoms with van der Waals surface area (Å²) in [6, 6.07) is 14.2. The van der Waals surface area contributed by atoms with Crippen molar-refractivity contribution in [3.63, 3.8) is 0 Å². The van der Waals surface area contributed by atoms with E-state index in [4.69, 9.17) is 14.9 Å². The highest BCUT2D eigenvalue weighted by Gasteiger charge is 2.79. The molecule has 2 heterocycles. The van der Waals surface area contributed by atoms with E-state index in [1.807, 2.05) is 24.3 Å². The maximum atomic E-state index is 10.4. The zero-order valence-corrected chi connectivity index (χ0v) is 18.7. The topological polar surface area (TPSA) is 117 Å². The molecule has 3 fully saturated rings. The van der Waals surface area contributed by atoms with Gasteiger partial charge in [-0.3, -0.25) is 5.41 Å². The third kappa shape index (κ3) is 2.76. The van der Waals surface area contributed by atoms with Crippen molar-refractivity contribution in [1.29, 1.82) is 21.2 Å². The quantitative estimate of drug-likeness (QED) is 0.730. The summed E-state index contributed by atoms with van der Waals surface area (Å²) in [7, 11) is 0. The Balaban J connectivity index is 1.87. The van der Waals surface area contributed by atoms with Gasteiger partial charge in [0.05, 0.1) is 24.1 Å². The molecule has 2 bridgehead atoms. The summed E-state index contributed by atoms with van der Waals surface area (Å²) >= 11 is 0. The van der Waals surface area contributed by atoms with Crippen LogP contribution in [-0.2, 0) is 9.47 Å². The van der Waals surface area contributed by atoms with Crippen molar-refractivity contribution in [3.05, 3.63) is 29.8 Å². The van der Waals surface area contributed by atoms with E-state index >= 15 is 0 Å². The molecule has 0 aromatic heterocycles. The fourth-order valence-electron chi connectivity index (χ4n) is 5.96. The maximum Gasteiger partial charge on any atom is 0.217 e. The molecule has 1 saturated carbocycles. The number of nitrogens with one attached hydrogen (secondary N) is 1. The second kappa shape index (κ2) is 8.12. The van der Waals surface area contributed by atoms with Crippen LogP contribution in [0.25, 0.3) is 0 Å². The first-order chi connectivity index (χ1) is 15.5. The molecule has 0 amide bonds. The van der Waals surface area contributed by atoms with E-state index in [0.29, 0.717) is 18.4 Å². The molecule has 32 heavy (non-hydrogen) atoms. The molecular weight excluding hydrogens is 402 g/mol. The normalized spacial score (nSPS) is 32.8. The van der Waals surface area contributed by atoms with Crippen LogP contribution in [0.1, 0.15) is 64.0 Å². The minimum atomic E-state index is -1.88. The first-order valence-electron chi connectivity index (χ1n) is 11.5. The van der Waals surface area contributed by atoms with Crippen LogP contribution in [0, 0.1) is 56.2 Å². The molecule has 1 aromatic rings. The van der Waals surface area contributed by atoms with Gasteiger partial charge < -0.3 is 14.4 Å². The summed E-state index contributed by atoms with van der Waals surface area (Å²) in [5, 5.41) is 39.9. The fourth-order valence-corrected chi connectivity index (χ4v) is 5.96. The van der Waals surface area contributed by atoms with E-state index in [1.54, 1.807) is 0 Å². The number of anilines is 1. The van der Waals surface area contributed by atoms with Crippen molar-refractivity contribution in [2.45, 2.75) is 64.3 Å². The Morgan fingerprint density at radius 2 is 1.66 bits per heavy atom. The Morgan fingerprint density at radius 3 is 2.25 bits per heavy atom. The van der Waals surface area contributed by atoms with E-state index < -0.39 is 28.6 Å². The standard InChI is InChI=1S/C25H29N5O2/c1-3-30(4-2)19-12-10-18(11-13-19)21-23(15-26,16-27)24(17-28)20-9-7-5-6-8-14-25(20,31-21)32-22(24)29/h10-13,20-21,29H,3-9,14H2,1-2H3. The van der Waals surface area contributed by atoms with Crippen LogP contribution in [0.2, 0.25) is 0 Å². The Hall–Kier alpha value is -3.08. The SMILES string of the molecule is CCN(CC)c1ccc(C2OC34CCCCCCC3C(C#N)(C(=N)O4)C2(C#N)C#N)cc1. The summed E-state index contributed by atoms with van der Waals surface area (Å²) < 4.78 is 12.6. The van der Waals surface area contributed by atoms with Gasteiger partial charge in [-0.2, -0.15) is 15.8 Å². The molecule has 4 atom stereocenters. The molecule has 1 aliphatic carbocycles. The number of hydrogen-bond donors (Lipinski definition) is 1. The van der Waals surface area contributed by atoms with Gasteiger partial charge in [0.2, 0.25) is 17.1 Å². The average molecular weight is 432 g/mol. The number of rotatable bonds is 4. The van der Waals surface area contributed by atoms with Gasteiger partial charge in [0.15, 0.2) is 5.41 Å². The second-order valence-corrected chi connectivity index (χ2v) is 8.96. The van der Waals surface area contributed by atoms with E-state index in [1.165, 1.54) is 0 Å². The lowest BCUT2D eigenvalue weighted by Crippen LogP contribution is -2.59. The fraction of sp³-hybridized carbons (Fsp3) is 0.600. The molecule has 1 N–H and O–H groups in total. The van der Waals surface area contributed by atoms with Gasteiger partial charge in [0.25, 0.3) is 0 Å². The predicted molar refractivity (Wildman–Crippen MR) is 118 cm³/mol. The number of benzene rings is 1. The summed E-state index contributed by atoms with van der Waals surface area (Å²) in [6.45, 7) is 5.90. The summed E-state index contributed by atoms with van der Waals surface area (Å²) in [5.74, 6) is -1.96. The third-order valence-electron chi connectivity index (χ3n) is 7.64. The van der Waals surface area contributed by atoms with Crippen molar-refractivity contribution in [3.8, 4) is 18.2 Å². The van der Waals surface area contributed by atoms with Crippen molar-refractivity contribution in [2.75, 3.05) is 18.0 Å². The maximum absolute atomic E-state index is 10.4. The third-order valence-corrected chi connectivity index (χ3v) is 7.64. The molecule has 1 aromatic carbocycles. The average Bonchev–Trinajstić information content (AvgIpc) is 2.97. The number of nitrogens with zero attached hydrogens (tertiary/aromatic N) is 4. The minimum absolute atomic E-state index is 0.294. The molecule has 2 saturated heterocycles. The van der Waals surface area contributed by atoms with Crippen LogP contribution in [0.4, 0.5) is 5.69 Å². The molecular formula is C25H29N5O2. The Kier molecular flexibility index (Phi) is 5.61. The zero-order valence-electron chi connectivity index (χ0n) is 18.7. The minimum Gasteiger partial charge on any atom is -0.447 e. The number of nitriles is 3. The van der Waals surface area contributed by atoms with Gasteiger partial charge in [-0.05, 0) is 44.4 Å². The monoisotopic (exact) mass is 431 g/mol. The summed E-state index contributed by atoms with van der Waals surface area (Å²) in [6.07, 6.45) is 3.90. The smallest absolute Gasteiger partial charge is 0.217 e. The number of hydrogen-bond acceptors (Lipinski definition) is 7. The van der Waals surface area contributed by atoms with Crippen LogP contribution < -0.4 is 4.90 Å². The van der Waals surface area contributed by atoms with E-state index in [-0.39, 0.29) is 5.90 Å². The van der Waals surface area contributed by atoms with E-state index in [2.05, 4.69) is 37.0 Å². The van der Waals surface area contributed by atoms with Crippen molar-refractivity contribution >= 4 is 11.6 Å². The zero-order chi connectivity index (χ0) is 23.0. The van der Waals surface area contributed by atoms with Crippen molar-refractivity contribution < 1.29 is 9.47 Å². The summed E-state index contributed by atoms with van der Waals surface area (Å²) in [4.78, 5) is 2.20. The van der Waals surface area contributed by atoms with Crippen LogP contribution in [0.5, 0.6) is 0 Å². The molecule has 3 aliphatic rings. The molecule has 7 heteroatoms. The highest BCUT2D eigenvalue weighted by Crippen LogP contribution is 2.68. The van der Waals surface area contributed by atoms with Crippen LogP contribution in [-0.4, -0.2) is 24.8 Å². The molecule has 166 valence electrons. The van der Waals surface area contributed by atoms with Gasteiger partial charge in [-0.15, -0.1) is 0 Å². The van der Waals surface area contributed by atoms with Gasteiger partial charge in [0, 0.05) is 25.2 Å². The van der Waals surface area contributed by atoms with Gasteiger partial charge in [-0.1, -0.05) is 31.4 Å². The first-order valence-corrected chi connectivity index (χ1v) is 11.5.